The van der Waals surface area contributed by atoms with Gasteiger partial charge in [-0.2, -0.15) is 0 Å². The average molecular weight is 455 g/mol. The molecule has 0 radical (unpaired) electrons. The van der Waals surface area contributed by atoms with Gasteiger partial charge in [0.05, 0.1) is 0 Å². The summed E-state index contributed by atoms with van der Waals surface area (Å²) >= 11 is 12.5. The van der Waals surface area contributed by atoms with Crippen molar-refractivity contribution >= 4 is 35.0 Å². The summed E-state index contributed by atoms with van der Waals surface area (Å²) in [7, 11) is 0. The average Bonchev–Trinajstić information content (AvgIpc) is 2.65. The summed E-state index contributed by atoms with van der Waals surface area (Å²) in [6.07, 6.45) is 0. The van der Waals surface area contributed by atoms with Gasteiger partial charge in [0.1, 0.15) is 17.6 Å². The van der Waals surface area contributed by atoms with Crippen LogP contribution in [0.3, 0.4) is 0 Å². The zero-order valence-electron chi connectivity index (χ0n) is 17.3. The molecule has 2 rings (SSSR count). The molecule has 0 aliphatic heterocycles. The predicted molar refractivity (Wildman–Crippen MR) is 116 cm³/mol. The summed E-state index contributed by atoms with van der Waals surface area (Å²) in [6, 6.07) is 9.55. The zero-order chi connectivity index (χ0) is 22.5. The van der Waals surface area contributed by atoms with Crippen LogP contribution in [0.1, 0.15) is 33.3 Å². The van der Waals surface area contributed by atoms with Crippen molar-refractivity contribution in [1.29, 1.82) is 0 Å². The molecule has 2 aromatic rings. The van der Waals surface area contributed by atoms with Crippen molar-refractivity contribution in [3.63, 3.8) is 0 Å². The van der Waals surface area contributed by atoms with Crippen molar-refractivity contribution < 1.29 is 18.7 Å². The number of rotatable bonds is 7. The molecular formula is C22H25Cl2FN2O3. The number of hydrogen-bond donors (Lipinski definition) is 1. The molecule has 0 saturated heterocycles. The van der Waals surface area contributed by atoms with E-state index in [1.54, 1.807) is 25.1 Å². The van der Waals surface area contributed by atoms with Crippen molar-refractivity contribution in [3.05, 3.63) is 63.9 Å². The fourth-order valence-electron chi connectivity index (χ4n) is 2.67. The van der Waals surface area contributed by atoms with Gasteiger partial charge in [0, 0.05) is 27.7 Å². The maximum atomic E-state index is 13.1. The third-order valence-electron chi connectivity index (χ3n) is 4.23. The smallest absolute Gasteiger partial charge is 0.261 e. The van der Waals surface area contributed by atoms with Crippen LogP contribution in [0.5, 0.6) is 5.75 Å². The van der Waals surface area contributed by atoms with E-state index in [-0.39, 0.29) is 19.1 Å². The second kappa shape index (κ2) is 10.1. The van der Waals surface area contributed by atoms with E-state index in [0.717, 1.165) is 0 Å². The highest BCUT2D eigenvalue weighted by Gasteiger charge is 2.29. The Morgan fingerprint density at radius 1 is 1.10 bits per heavy atom. The van der Waals surface area contributed by atoms with Crippen LogP contribution in [-0.4, -0.2) is 34.9 Å². The van der Waals surface area contributed by atoms with Crippen LogP contribution >= 0.6 is 23.2 Å². The van der Waals surface area contributed by atoms with Gasteiger partial charge in [-0.25, -0.2) is 4.39 Å². The van der Waals surface area contributed by atoms with Crippen LogP contribution in [0.25, 0.3) is 0 Å². The molecule has 0 heterocycles. The lowest BCUT2D eigenvalue weighted by Crippen LogP contribution is -2.53. The van der Waals surface area contributed by atoms with Gasteiger partial charge in [0.2, 0.25) is 5.91 Å². The van der Waals surface area contributed by atoms with Gasteiger partial charge in [-0.15, -0.1) is 0 Å². The fraction of sp³-hybridized carbons (Fsp3) is 0.364. The molecule has 2 aromatic carbocycles. The molecule has 0 aromatic heterocycles. The maximum Gasteiger partial charge on any atom is 0.261 e. The number of halogens is 3. The number of carbonyl (C=O) groups excluding carboxylic acids is 2. The first-order valence-electron chi connectivity index (χ1n) is 9.40. The Morgan fingerprint density at radius 2 is 1.67 bits per heavy atom. The van der Waals surface area contributed by atoms with E-state index >= 15 is 0 Å². The Labute approximate surface area is 186 Å². The summed E-state index contributed by atoms with van der Waals surface area (Å²) in [4.78, 5) is 27.1. The highest BCUT2D eigenvalue weighted by Crippen LogP contribution is 2.26. The van der Waals surface area contributed by atoms with Gasteiger partial charge >= 0.3 is 0 Å². The standard InChI is InChI=1S/C22H25Cl2FN2O3/c1-14(21(29)26-22(2,3)4)27(12-17-18(23)6-5-7-19(17)24)20(28)13-30-16-10-8-15(25)9-11-16/h5-11,14H,12-13H2,1-4H3,(H,26,29)/t14-/m1/s1. The van der Waals surface area contributed by atoms with E-state index in [9.17, 15) is 14.0 Å². The third kappa shape index (κ3) is 6.89. The molecule has 0 fully saturated rings. The van der Waals surface area contributed by atoms with E-state index in [4.69, 9.17) is 27.9 Å². The van der Waals surface area contributed by atoms with Gasteiger partial charge in [-0.05, 0) is 64.1 Å². The van der Waals surface area contributed by atoms with Crippen molar-refractivity contribution in [3.8, 4) is 5.75 Å². The molecule has 1 atom stereocenters. The lowest BCUT2D eigenvalue weighted by Gasteiger charge is -2.31. The normalized spacial score (nSPS) is 12.2. The van der Waals surface area contributed by atoms with Crippen LogP contribution in [0.15, 0.2) is 42.5 Å². The number of nitrogens with zero attached hydrogens (tertiary/aromatic N) is 1. The lowest BCUT2D eigenvalue weighted by atomic mass is 10.1. The van der Waals surface area contributed by atoms with Crippen LogP contribution in [-0.2, 0) is 16.1 Å². The van der Waals surface area contributed by atoms with Gasteiger partial charge < -0.3 is 15.0 Å². The number of ether oxygens (including phenoxy) is 1. The first-order chi connectivity index (χ1) is 14.0. The van der Waals surface area contributed by atoms with Gasteiger partial charge in [-0.3, -0.25) is 9.59 Å². The van der Waals surface area contributed by atoms with Gasteiger partial charge in [-0.1, -0.05) is 29.3 Å². The first kappa shape index (κ1) is 24.0. The summed E-state index contributed by atoms with van der Waals surface area (Å²) in [5, 5.41) is 3.65. The van der Waals surface area contributed by atoms with Crippen LogP contribution in [0, 0.1) is 5.82 Å². The molecule has 0 saturated carbocycles. The van der Waals surface area contributed by atoms with E-state index in [2.05, 4.69) is 5.32 Å². The molecule has 2 amide bonds. The summed E-state index contributed by atoms with van der Waals surface area (Å²) in [6.45, 7) is 6.89. The molecule has 0 spiro atoms. The summed E-state index contributed by atoms with van der Waals surface area (Å²) < 4.78 is 18.5. The molecule has 0 unspecified atom stereocenters. The fourth-order valence-corrected chi connectivity index (χ4v) is 3.19. The highest BCUT2D eigenvalue weighted by molar-refractivity contribution is 6.36. The quantitative estimate of drug-likeness (QED) is 0.650. The summed E-state index contributed by atoms with van der Waals surface area (Å²) in [5.41, 5.74) is 0.0681. The largest absolute Gasteiger partial charge is 0.484 e. The van der Waals surface area contributed by atoms with Crippen molar-refractivity contribution in [2.45, 2.75) is 45.8 Å². The van der Waals surface area contributed by atoms with Gasteiger partial charge in [0.15, 0.2) is 6.61 Å². The molecule has 30 heavy (non-hydrogen) atoms. The lowest BCUT2D eigenvalue weighted by molar-refractivity contribution is -0.142. The molecule has 0 bridgehead atoms. The SMILES string of the molecule is C[C@H](C(=O)NC(C)(C)C)N(Cc1c(Cl)cccc1Cl)C(=O)COc1ccc(F)cc1. The number of amides is 2. The Kier molecular flexibility index (Phi) is 8.10. The van der Waals surface area contributed by atoms with E-state index in [1.165, 1.54) is 29.2 Å². The van der Waals surface area contributed by atoms with E-state index in [0.29, 0.717) is 21.4 Å². The maximum absolute atomic E-state index is 13.1. The minimum atomic E-state index is -0.805. The Hall–Kier alpha value is -2.31. The number of hydrogen-bond acceptors (Lipinski definition) is 3. The Morgan fingerprint density at radius 3 is 2.20 bits per heavy atom. The van der Waals surface area contributed by atoms with Crippen molar-refractivity contribution in [2.24, 2.45) is 0 Å². The Balaban J connectivity index is 2.23. The number of nitrogens with one attached hydrogen (secondary N) is 1. The van der Waals surface area contributed by atoms with Crippen molar-refractivity contribution in [2.75, 3.05) is 6.61 Å². The van der Waals surface area contributed by atoms with E-state index < -0.39 is 23.3 Å². The second-order valence-electron chi connectivity index (χ2n) is 7.88. The molecule has 1 N–H and O–H groups in total. The number of benzene rings is 2. The van der Waals surface area contributed by atoms with Crippen LogP contribution < -0.4 is 10.1 Å². The predicted octanol–water partition coefficient (Wildman–Crippen LogP) is 4.84. The van der Waals surface area contributed by atoms with Crippen LogP contribution in [0.4, 0.5) is 4.39 Å². The monoisotopic (exact) mass is 454 g/mol. The molecular weight excluding hydrogens is 430 g/mol. The number of carbonyl (C=O) groups is 2. The minimum absolute atomic E-state index is 0.0306. The minimum Gasteiger partial charge on any atom is -0.484 e. The molecule has 5 nitrogen and oxygen atoms in total. The molecule has 0 aliphatic carbocycles. The molecule has 162 valence electrons. The molecule has 0 aliphatic rings. The first-order valence-corrected chi connectivity index (χ1v) is 10.2. The Bertz CT molecular complexity index is 878. The van der Waals surface area contributed by atoms with E-state index in [1.807, 2.05) is 20.8 Å². The summed E-state index contributed by atoms with van der Waals surface area (Å²) in [5.74, 6) is -0.823. The second-order valence-corrected chi connectivity index (χ2v) is 8.69. The van der Waals surface area contributed by atoms with Crippen LogP contribution in [0.2, 0.25) is 10.0 Å². The third-order valence-corrected chi connectivity index (χ3v) is 4.94. The molecule has 8 heteroatoms. The zero-order valence-corrected chi connectivity index (χ0v) is 18.9. The van der Waals surface area contributed by atoms with Crippen molar-refractivity contribution in [1.82, 2.24) is 10.2 Å². The highest BCUT2D eigenvalue weighted by atomic mass is 35.5. The topological polar surface area (TPSA) is 58.6 Å². The van der Waals surface area contributed by atoms with Gasteiger partial charge in [0.25, 0.3) is 5.91 Å².